The smallest absolute Gasteiger partial charge is 0.115 e. The van der Waals surface area contributed by atoms with Crippen LogP contribution in [0.15, 0.2) is 42.9 Å². The van der Waals surface area contributed by atoms with Gasteiger partial charge in [0.1, 0.15) is 6.33 Å². The van der Waals surface area contributed by atoms with Crippen LogP contribution >= 0.6 is 0 Å². The molecule has 15 heavy (non-hydrogen) atoms. The predicted molar refractivity (Wildman–Crippen MR) is 60.3 cm³/mol. The summed E-state index contributed by atoms with van der Waals surface area (Å²) >= 11 is 0. The molecule has 3 nitrogen and oxygen atoms in total. The lowest BCUT2D eigenvalue weighted by atomic mass is 10.1. The first-order valence-electron chi connectivity index (χ1n) is 4.94. The number of aromatic nitrogens is 2. The fraction of sp³-hybridized carbons (Fsp3) is 0.167. The fourth-order valence-electron chi connectivity index (χ4n) is 1.48. The highest BCUT2D eigenvalue weighted by molar-refractivity contribution is 5.39. The van der Waals surface area contributed by atoms with Gasteiger partial charge in [-0.15, -0.1) is 0 Å². The van der Waals surface area contributed by atoms with Crippen molar-refractivity contribution in [3.05, 3.63) is 54.1 Å². The van der Waals surface area contributed by atoms with Crippen LogP contribution in [0.2, 0.25) is 0 Å². The maximum atomic E-state index is 5.76. The van der Waals surface area contributed by atoms with Crippen molar-refractivity contribution in [2.24, 2.45) is 0 Å². The summed E-state index contributed by atoms with van der Waals surface area (Å²) in [5, 5.41) is 0. The van der Waals surface area contributed by atoms with Crippen molar-refractivity contribution in [2.75, 3.05) is 5.73 Å². The Bertz CT molecular complexity index is 426. The van der Waals surface area contributed by atoms with Crippen LogP contribution in [0.4, 0.5) is 5.69 Å². The number of benzene rings is 1. The topological polar surface area (TPSA) is 51.8 Å². The lowest BCUT2D eigenvalue weighted by Gasteiger charge is -2.03. The van der Waals surface area contributed by atoms with E-state index in [2.05, 4.69) is 22.1 Å². The monoisotopic (exact) mass is 199 g/mol. The van der Waals surface area contributed by atoms with Crippen molar-refractivity contribution in [2.45, 2.75) is 12.8 Å². The third-order valence-corrected chi connectivity index (χ3v) is 2.32. The molecule has 0 amide bonds. The second kappa shape index (κ2) is 4.55. The number of hydrogen-bond acceptors (Lipinski definition) is 3. The van der Waals surface area contributed by atoms with E-state index in [1.165, 1.54) is 11.9 Å². The number of hydrogen-bond donors (Lipinski definition) is 1. The van der Waals surface area contributed by atoms with Crippen molar-refractivity contribution in [1.29, 1.82) is 0 Å². The molecular weight excluding hydrogens is 186 g/mol. The highest BCUT2D eigenvalue weighted by Gasteiger charge is 2.00. The highest BCUT2D eigenvalue weighted by Crippen LogP contribution is 2.09. The molecule has 0 aliphatic heterocycles. The number of nitrogens with zero attached hydrogens (tertiary/aromatic N) is 2. The SMILES string of the molecule is Nc1cncnc1CCc1ccccc1. The largest absolute Gasteiger partial charge is 0.396 e. The Kier molecular flexibility index (Phi) is 2.93. The number of nitrogen functional groups attached to an aromatic ring is 1. The van der Waals surface area contributed by atoms with Gasteiger partial charge in [-0.25, -0.2) is 9.97 Å². The van der Waals surface area contributed by atoms with Gasteiger partial charge in [0.15, 0.2) is 0 Å². The summed E-state index contributed by atoms with van der Waals surface area (Å²) in [7, 11) is 0. The van der Waals surface area contributed by atoms with Gasteiger partial charge in [0.05, 0.1) is 17.6 Å². The maximum absolute atomic E-state index is 5.76. The summed E-state index contributed by atoms with van der Waals surface area (Å²) in [5.41, 5.74) is 8.66. The Balaban J connectivity index is 2.03. The second-order valence-electron chi connectivity index (χ2n) is 3.41. The van der Waals surface area contributed by atoms with E-state index in [1.807, 2.05) is 18.2 Å². The summed E-state index contributed by atoms with van der Waals surface area (Å²) in [6.45, 7) is 0. The molecule has 3 heteroatoms. The Labute approximate surface area is 89.0 Å². The van der Waals surface area contributed by atoms with Gasteiger partial charge in [-0.1, -0.05) is 30.3 Å². The Morgan fingerprint density at radius 3 is 2.60 bits per heavy atom. The van der Waals surface area contributed by atoms with Gasteiger partial charge in [-0.2, -0.15) is 0 Å². The molecule has 0 atom stereocenters. The summed E-state index contributed by atoms with van der Waals surface area (Å²) in [4.78, 5) is 8.02. The Morgan fingerprint density at radius 2 is 1.87 bits per heavy atom. The quantitative estimate of drug-likeness (QED) is 0.820. The van der Waals surface area contributed by atoms with Gasteiger partial charge < -0.3 is 5.73 Å². The predicted octanol–water partition coefficient (Wildman–Crippen LogP) is 1.84. The second-order valence-corrected chi connectivity index (χ2v) is 3.41. The van der Waals surface area contributed by atoms with Crippen LogP contribution in [0.1, 0.15) is 11.3 Å². The van der Waals surface area contributed by atoms with Crippen LogP contribution in [0, 0.1) is 0 Å². The van der Waals surface area contributed by atoms with Crippen molar-refractivity contribution < 1.29 is 0 Å². The molecule has 0 aliphatic carbocycles. The zero-order chi connectivity index (χ0) is 10.5. The molecule has 1 aromatic carbocycles. The number of nitrogens with two attached hydrogens (primary N) is 1. The van der Waals surface area contributed by atoms with Crippen LogP contribution in [-0.2, 0) is 12.8 Å². The van der Waals surface area contributed by atoms with Gasteiger partial charge >= 0.3 is 0 Å². The zero-order valence-electron chi connectivity index (χ0n) is 8.43. The van der Waals surface area contributed by atoms with Crippen LogP contribution in [0.25, 0.3) is 0 Å². The molecule has 0 saturated heterocycles. The fourth-order valence-corrected chi connectivity index (χ4v) is 1.48. The van der Waals surface area contributed by atoms with Gasteiger partial charge in [0.25, 0.3) is 0 Å². The van der Waals surface area contributed by atoms with E-state index in [0.29, 0.717) is 5.69 Å². The van der Waals surface area contributed by atoms with Crippen molar-refractivity contribution in [3.63, 3.8) is 0 Å². The molecule has 0 spiro atoms. The minimum atomic E-state index is 0.674. The molecule has 76 valence electrons. The maximum Gasteiger partial charge on any atom is 0.115 e. The molecule has 1 aromatic heterocycles. The van der Waals surface area contributed by atoms with E-state index >= 15 is 0 Å². The first-order chi connectivity index (χ1) is 7.36. The number of aryl methyl sites for hydroxylation is 2. The lowest BCUT2D eigenvalue weighted by molar-refractivity contribution is 0.905. The van der Waals surface area contributed by atoms with Crippen LogP contribution in [0.5, 0.6) is 0 Å². The third-order valence-electron chi connectivity index (χ3n) is 2.32. The minimum Gasteiger partial charge on any atom is -0.396 e. The number of anilines is 1. The standard InChI is InChI=1S/C12H13N3/c13-11-8-14-9-15-12(11)7-6-10-4-2-1-3-5-10/h1-5,8-9H,6-7,13H2. The van der Waals surface area contributed by atoms with Crippen molar-refractivity contribution in [1.82, 2.24) is 9.97 Å². The average Bonchev–Trinajstić information content (AvgIpc) is 2.29. The van der Waals surface area contributed by atoms with Gasteiger partial charge in [-0.3, -0.25) is 0 Å². The molecular formula is C12H13N3. The lowest BCUT2D eigenvalue weighted by Crippen LogP contribution is -2.00. The summed E-state index contributed by atoms with van der Waals surface area (Å²) < 4.78 is 0. The van der Waals surface area contributed by atoms with Crippen LogP contribution < -0.4 is 5.73 Å². The summed E-state index contributed by atoms with van der Waals surface area (Å²) in [6, 6.07) is 10.3. The Morgan fingerprint density at radius 1 is 1.07 bits per heavy atom. The first kappa shape index (κ1) is 9.65. The van der Waals surface area contributed by atoms with Gasteiger partial charge in [0.2, 0.25) is 0 Å². The molecule has 0 saturated carbocycles. The van der Waals surface area contributed by atoms with Crippen LogP contribution in [-0.4, -0.2) is 9.97 Å². The molecule has 0 bridgehead atoms. The zero-order valence-corrected chi connectivity index (χ0v) is 8.43. The molecule has 0 radical (unpaired) electrons. The third kappa shape index (κ3) is 2.53. The summed E-state index contributed by atoms with van der Waals surface area (Å²) in [6.07, 6.45) is 5.00. The van der Waals surface area contributed by atoms with Crippen molar-refractivity contribution in [3.8, 4) is 0 Å². The first-order valence-corrected chi connectivity index (χ1v) is 4.94. The molecule has 1 heterocycles. The molecule has 2 N–H and O–H groups in total. The van der Waals surface area contributed by atoms with E-state index in [0.717, 1.165) is 18.5 Å². The summed E-state index contributed by atoms with van der Waals surface area (Å²) in [5.74, 6) is 0. The Hall–Kier alpha value is -1.90. The highest BCUT2D eigenvalue weighted by atomic mass is 14.9. The van der Waals surface area contributed by atoms with E-state index < -0.39 is 0 Å². The van der Waals surface area contributed by atoms with E-state index in [-0.39, 0.29) is 0 Å². The van der Waals surface area contributed by atoms with E-state index in [1.54, 1.807) is 6.20 Å². The van der Waals surface area contributed by atoms with E-state index in [4.69, 9.17) is 5.73 Å². The molecule has 0 unspecified atom stereocenters. The molecule has 0 fully saturated rings. The van der Waals surface area contributed by atoms with Crippen molar-refractivity contribution >= 4 is 5.69 Å². The molecule has 2 aromatic rings. The molecule has 0 aliphatic rings. The molecule has 2 rings (SSSR count). The van der Waals surface area contributed by atoms with Gasteiger partial charge in [-0.05, 0) is 18.4 Å². The minimum absolute atomic E-state index is 0.674. The number of rotatable bonds is 3. The average molecular weight is 199 g/mol. The van der Waals surface area contributed by atoms with Crippen LogP contribution in [0.3, 0.4) is 0 Å². The van der Waals surface area contributed by atoms with E-state index in [9.17, 15) is 0 Å². The van der Waals surface area contributed by atoms with Gasteiger partial charge in [0, 0.05) is 0 Å². The normalized spacial score (nSPS) is 10.1.